The van der Waals surface area contributed by atoms with Gasteiger partial charge in [-0.1, -0.05) is 26.0 Å². The molecule has 0 aliphatic heterocycles. The molecule has 1 rings (SSSR count). The first-order valence-corrected chi connectivity index (χ1v) is 6.58. The van der Waals surface area contributed by atoms with Crippen LogP contribution in [-0.2, 0) is 9.59 Å². The Bertz CT molecular complexity index is 517. The van der Waals surface area contributed by atoms with Crippen LogP contribution in [-0.4, -0.2) is 23.8 Å². The molecule has 0 saturated carbocycles. The van der Waals surface area contributed by atoms with Crippen LogP contribution in [0.15, 0.2) is 24.3 Å². The van der Waals surface area contributed by atoms with E-state index in [2.05, 4.69) is 0 Å². The molecule has 0 amide bonds. The van der Waals surface area contributed by atoms with Crippen LogP contribution < -0.4 is 4.74 Å². The molecule has 0 aliphatic carbocycles. The summed E-state index contributed by atoms with van der Waals surface area (Å²) in [7, 11) is 1.46. The quantitative estimate of drug-likeness (QED) is 0.614. The Labute approximate surface area is 119 Å². The van der Waals surface area contributed by atoms with Crippen molar-refractivity contribution in [2.45, 2.75) is 26.7 Å². The molecular weight excluding hydrogens is 256 g/mol. The Morgan fingerprint density at radius 3 is 2.70 bits per heavy atom. The maximum atomic E-state index is 11.7. The van der Waals surface area contributed by atoms with E-state index in [1.165, 1.54) is 19.3 Å². The van der Waals surface area contributed by atoms with E-state index in [4.69, 9.17) is 4.74 Å². The van der Waals surface area contributed by atoms with Gasteiger partial charge in [0, 0.05) is 5.92 Å². The van der Waals surface area contributed by atoms with Crippen LogP contribution in [0.1, 0.15) is 32.3 Å². The van der Waals surface area contributed by atoms with Gasteiger partial charge in [-0.15, -0.1) is 0 Å². The second kappa shape index (κ2) is 7.48. The summed E-state index contributed by atoms with van der Waals surface area (Å²) in [6, 6.07) is 4.78. The Kier molecular flexibility index (Phi) is 5.97. The summed E-state index contributed by atoms with van der Waals surface area (Å²) in [5, 5.41) is 9.46. The molecular formula is C16H20O4. The van der Waals surface area contributed by atoms with Gasteiger partial charge in [0.15, 0.2) is 17.3 Å². The number of aromatic hydroxyl groups is 1. The monoisotopic (exact) mass is 276 g/mol. The predicted molar refractivity (Wildman–Crippen MR) is 77.8 cm³/mol. The molecule has 20 heavy (non-hydrogen) atoms. The number of ether oxygens (including phenoxy) is 1. The fourth-order valence-corrected chi connectivity index (χ4v) is 1.62. The smallest absolute Gasteiger partial charge is 0.163 e. The molecule has 108 valence electrons. The first-order valence-electron chi connectivity index (χ1n) is 6.58. The van der Waals surface area contributed by atoms with E-state index >= 15 is 0 Å². The van der Waals surface area contributed by atoms with Gasteiger partial charge in [0.25, 0.3) is 0 Å². The number of hydrogen-bond donors (Lipinski definition) is 1. The zero-order valence-corrected chi connectivity index (χ0v) is 12.1. The molecule has 0 radical (unpaired) electrons. The topological polar surface area (TPSA) is 63.6 Å². The fourth-order valence-electron chi connectivity index (χ4n) is 1.62. The highest BCUT2D eigenvalue weighted by molar-refractivity contribution is 6.06. The lowest BCUT2D eigenvalue weighted by Crippen LogP contribution is -2.13. The lowest BCUT2D eigenvalue weighted by molar-refractivity contribution is -0.127. The number of carbonyl (C=O) groups excluding carboxylic acids is 2. The Hall–Kier alpha value is -2.10. The number of Topliss-reactive ketones (excluding diaryl/α,β-unsaturated/α-hetero) is 1. The second-order valence-corrected chi connectivity index (χ2v) is 4.68. The molecule has 0 fully saturated rings. The van der Waals surface area contributed by atoms with E-state index in [1.807, 2.05) is 13.8 Å². The van der Waals surface area contributed by atoms with Gasteiger partial charge in [-0.2, -0.15) is 0 Å². The Morgan fingerprint density at radius 1 is 1.40 bits per heavy atom. The van der Waals surface area contributed by atoms with Crippen molar-refractivity contribution in [2.75, 3.05) is 7.11 Å². The number of methoxy groups -OCH3 is 1. The predicted octanol–water partition coefficient (Wildman–Crippen LogP) is 2.99. The third-order valence-electron chi connectivity index (χ3n) is 3.18. The van der Waals surface area contributed by atoms with E-state index in [0.29, 0.717) is 5.75 Å². The summed E-state index contributed by atoms with van der Waals surface area (Å²) >= 11 is 0. The van der Waals surface area contributed by atoms with Crippen molar-refractivity contribution in [2.24, 2.45) is 5.92 Å². The van der Waals surface area contributed by atoms with Crippen molar-refractivity contribution >= 4 is 17.6 Å². The van der Waals surface area contributed by atoms with E-state index in [1.54, 1.807) is 18.2 Å². The molecule has 0 aliphatic rings. The number of ketones is 2. The number of phenols is 1. The van der Waals surface area contributed by atoms with E-state index in [9.17, 15) is 14.7 Å². The summed E-state index contributed by atoms with van der Waals surface area (Å²) in [4.78, 5) is 23.3. The van der Waals surface area contributed by atoms with Gasteiger partial charge < -0.3 is 9.84 Å². The van der Waals surface area contributed by atoms with E-state index in [0.717, 1.165) is 12.0 Å². The van der Waals surface area contributed by atoms with Gasteiger partial charge in [-0.3, -0.25) is 9.59 Å². The van der Waals surface area contributed by atoms with Crippen LogP contribution in [0.2, 0.25) is 0 Å². The maximum absolute atomic E-state index is 11.7. The zero-order valence-electron chi connectivity index (χ0n) is 12.1. The number of allylic oxidation sites excluding steroid dienone is 1. The Morgan fingerprint density at radius 2 is 2.10 bits per heavy atom. The molecule has 1 aromatic rings. The van der Waals surface area contributed by atoms with Crippen LogP contribution in [0.4, 0.5) is 0 Å². The van der Waals surface area contributed by atoms with Gasteiger partial charge in [0.2, 0.25) is 0 Å². The van der Waals surface area contributed by atoms with E-state index < -0.39 is 0 Å². The summed E-state index contributed by atoms with van der Waals surface area (Å²) < 4.78 is 4.98. The van der Waals surface area contributed by atoms with Gasteiger partial charge in [0.1, 0.15) is 5.78 Å². The number of rotatable bonds is 7. The third-order valence-corrected chi connectivity index (χ3v) is 3.18. The molecule has 1 atom stereocenters. The van der Waals surface area contributed by atoms with Crippen LogP contribution in [0.5, 0.6) is 11.5 Å². The highest BCUT2D eigenvalue weighted by Crippen LogP contribution is 2.26. The minimum Gasteiger partial charge on any atom is -0.504 e. The molecule has 4 heteroatoms. The molecule has 0 saturated heterocycles. The maximum Gasteiger partial charge on any atom is 0.163 e. The molecule has 0 aromatic heterocycles. The van der Waals surface area contributed by atoms with Crippen molar-refractivity contribution < 1.29 is 19.4 Å². The number of phenolic OH excluding ortho intramolecular Hbond substituents is 1. The summed E-state index contributed by atoms with van der Waals surface area (Å²) in [5.74, 6) is 0.0482. The van der Waals surface area contributed by atoms with Crippen molar-refractivity contribution in [3.8, 4) is 11.5 Å². The van der Waals surface area contributed by atoms with Gasteiger partial charge in [0.05, 0.1) is 13.5 Å². The molecule has 0 spiro atoms. The minimum absolute atomic E-state index is 0.0366. The SMILES string of the molecule is CCC(C)C(=O)CC(=O)C=Cc1ccc(O)c(OC)c1. The number of carbonyl (C=O) groups is 2. The van der Waals surface area contributed by atoms with Crippen LogP contribution in [0.3, 0.4) is 0 Å². The second-order valence-electron chi connectivity index (χ2n) is 4.68. The van der Waals surface area contributed by atoms with Crippen molar-refractivity contribution in [3.63, 3.8) is 0 Å². The minimum atomic E-state index is -0.220. The molecule has 1 unspecified atom stereocenters. The molecule has 4 nitrogen and oxygen atoms in total. The summed E-state index contributed by atoms with van der Waals surface area (Å²) in [5.41, 5.74) is 0.726. The average molecular weight is 276 g/mol. The van der Waals surface area contributed by atoms with Crippen molar-refractivity contribution in [1.29, 1.82) is 0 Å². The lowest BCUT2D eigenvalue weighted by Gasteiger charge is -2.05. The highest BCUT2D eigenvalue weighted by atomic mass is 16.5. The number of hydrogen-bond acceptors (Lipinski definition) is 4. The van der Waals surface area contributed by atoms with Crippen molar-refractivity contribution in [1.82, 2.24) is 0 Å². The standard InChI is InChI=1S/C16H20O4/c1-4-11(2)15(19)10-13(17)7-5-12-6-8-14(18)16(9-12)20-3/h5-9,11,18H,4,10H2,1-3H3. The third kappa shape index (κ3) is 4.53. The summed E-state index contributed by atoms with van der Waals surface area (Å²) in [6.07, 6.45) is 3.66. The molecule has 0 heterocycles. The summed E-state index contributed by atoms with van der Waals surface area (Å²) in [6.45, 7) is 3.75. The molecule has 1 N–H and O–H groups in total. The average Bonchev–Trinajstić information content (AvgIpc) is 2.45. The zero-order chi connectivity index (χ0) is 15.1. The fraction of sp³-hybridized carbons (Fsp3) is 0.375. The first kappa shape index (κ1) is 16.0. The normalized spacial score (nSPS) is 12.3. The van der Waals surface area contributed by atoms with Gasteiger partial charge in [-0.05, 0) is 30.2 Å². The van der Waals surface area contributed by atoms with E-state index in [-0.39, 0.29) is 29.7 Å². The Balaban J connectivity index is 2.68. The van der Waals surface area contributed by atoms with Crippen LogP contribution in [0, 0.1) is 5.92 Å². The van der Waals surface area contributed by atoms with Crippen molar-refractivity contribution in [3.05, 3.63) is 29.8 Å². The first-order chi connectivity index (χ1) is 9.47. The van der Waals surface area contributed by atoms with Crippen LogP contribution >= 0.6 is 0 Å². The van der Waals surface area contributed by atoms with Gasteiger partial charge in [-0.25, -0.2) is 0 Å². The van der Waals surface area contributed by atoms with Gasteiger partial charge >= 0.3 is 0 Å². The number of benzene rings is 1. The van der Waals surface area contributed by atoms with Crippen LogP contribution in [0.25, 0.3) is 6.08 Å². The highest BCUT2D eigenvalue weighted by Gasteiger charge is 2.13. The molecule has 0 bridgehead atoms. The lowest BCUT2D eigenvalue weighted by atomic mass is 9.99. The largest absolute Gasteiger partial charge is 0.504 e. The molecule has 1 aromatic carbocycles.